The van der Waals surface area contributed by atoms with E-state index in [-0.39, 0.29) is 0 Å². The van der Waals surface area contributed by atoms with Crippen LogP contribution in [0.2, 0.25) is 0 Å². The van der Waals surface area contributed by atoms with Gasteiger partial charge in [-0.15, -0.1) is 0 Å². The lowest BCUT2D eigenvalue weighted by molar-refractivity contribution is 1.28. The van der Waals surface area contributed by atoms with Gasteiger partial charge in [-0.3, -0.25) is 0 Å². The zero-order valence-electron chi connectivity index (χ0n) is 4.13. The Morgan fingerprint density at radius 3 is 2.86 bits per heavy atom. The first-order chi connectivity index (χ1) is 3.39. The molecule has 0 bridgehead atoms. The first-order valence-electron chi connectivity index (χ1n) is 2.12. The molecule has 0 aliphatic carbocycles. The Hall–Kier alpha value is -0.920. The van der Waals surface area contributed by atoms with Crippen LogP contribution in [0.5, 0.6) is 0 Å². The summed E-state index contributed by atoms with van der Waals surface area (Å²) in [5.74, 6) is 0. The van der Waals surface area contributed by atoms with Gasteiger partial charge in [-0.1, -0.05) is 9.98 Å². The summed E-state index contributed by atoms with van der Waals surface area (Å²) in [6, 6.07) is 0. The van der Waals surface area contributed by atoms with Gasteiger partial charge < -0.3 is 0 Å². The van der Waals surface area contributed by atoms with E-state index in [0.717, 1.165) is 5.70 Å². The number of allylic oxidation sites excluding steroid dienone is 2. The van der Waals surface area contributed by atoms with Crippen LogP contribution in [0.15, 0.2) is 16.8 Å². The van der Waals surface area contributed by atoms with Gasteiger partial charge in [0.15, 0.2) is 5.70 Å². The lowest BCUT2D eigenvalue weighted by Gasteiger charge is -1.75. The molecule has 7 heavy (non-hydrogen) atoms. The van der Waals surface area contributed by atoms with Crippen molar-refractivity contribution in [3.63, 3.8) is 0 Å². The summed E-state index contributed by atoms with van der Waals surface area (Å²) in [6.07, 6.45) is 5.12. The molecule has 0 saturated heterocycles. The smallest absolute Gasteiger partial charge is 0.0533 e. The van der Waals surface area contributed by atoms with Gasteiger partial charge in [0.2, 0.25) is 0 Å². The van der Waals surface area contributed by atoms with Crippen LogP contribution < -0.4 is 4.99 Å². The molecular formula is C5H6N2+. The van der Waals surface area contributed by atoms with Gasteiger partial charge in [0, 0.05) is 13.0 Å². The Labute approximate surface area is 42.3 Å². The molecule has 35 valence electrons. The highest BCUT2D eigenvalue weighted by Crippen LogP contribution is 1.90. The van der Waals surface area contributed by atoms with E-state index in [2.05, 4.69) is 9.98 Å². The normalized spacial score (nSPS) is 17.0. The van der Waals surface area contributed by atoms with Crippen molar-refractivity contribution >= 4 is 12.6 Å². The van der Waals surface area contributed by atoms with E-state index in [1.54, 1.807) is 6.21 Å². The molecule has 0 aromatic heterocycles. The SMILES string of the molecule is CC1=CC=[N+]C=N1. The second-order valence-corrected chi connectivity index (χ2v) is 1.35. The topological polar surface area (TPSA) is 26.5 Å². The van der Waals surface area contributed by atoms with Crippen molar-refractivity contribution in [2.75, 3.05) is 0 Å². The van der Waals surface area contributed by atoms with Crippen molar-refractivity contribution in [3.8, 4) is 0 Å². The van der Waals surface area contributed by atoms with Gasteiger partial charge in [-0.25, -0.2) is 0 Å². The Balaban J connectivity index is 2.82. The highest BCUT2D eigenvalue weighted by atomic mass is 14.9. The summed E-state index contributed by atoms with van der Waals surface area (Å²) in [7, 11) is 0. The summed E-state index contributed by atoms with van der Waals surface area (Å²) < 4.78 is 0. The molecule has 0 aromatic rings. The predicted molar refractivity (Wildman–Crippen MR) is 30.4 cm³/mol. The average Bonchev–Trinajstić information content (AvgIpc) is 1.69. The number of rotatable bonds is 0. The molecule has 1 rings (SSSR count). The van der Waals surface area contributed by atoms with Gasteiger partial charge in [0.1, 0.15) is 6.21 Å². The fourth-order valence-corrected chi connectivity index (χ4v) is 0.357. The molecule has 0 atom stereocenters. The second-order valence-electron chi connectivity index (χ2n) is 1.35. The number of hydrogen-bond donors (Lipinski definition) is 0. The summed E-state index contributed by atoms with van der Waals surface area (Å²) in [5.41, 5.74) is 1.01. The molecule has 1 heterocycles. The standard InChI is InChI=1S/C5H6N2/c1-5-2-3-6-4-7-5/h2-4H,1H3/q+1. The lowest BCUT2D eigenvalue weighted by atomic mass is 10.4. The maximum absolute atomic E-state index is 3.87. The molecule has 0 aromatic carbocycles. The summed E-state index contributed by atoms with van der Waals surface area (Å²) in [4.78, 5) is 7.60. The van der Waals surface area contributed by atoms with Crippen LogP contribution in [0.4, 0.5) is 0 Å². The quantitative estimate of drug-likeness (QED) is 0.414. The van der Waals surface area contributed by atoms with Gasteiger partial charge in [-0.2, -0.15) is 0 Å². The Morgan fingerprint density at radius 1 is 1.71 bits per heavy atom. The van der Waals surface area contributed by atoms with E-state index in [9.17, 15) is 0 Å². The van der Waals surface area contributed by atoms with Crippen LogP contribution in [-0.2, 0) is 0 Å². The monoisotopic (exact) mass is 94.1 g/mol. The maximum atomic E-state index is 3.87. The highest BCUT2D eigenvalue weighted by molar-refractivity contribution is 5.81. The molecule has 0 saturated carbocycles. The fourth-order valence-electron chi connectivity index (χ4n) is 0.357. The van der Waals surface area contributed by atoms with Crippen molar-refractivity contribution in [2.45, 2.75) is 6.92 Å². The van der Waals surface area contributed by atoms with Crippen molar-refractivity contribution in [1.82, 2.24) is 4.99 Å². The maximum Gasteiger partial charge on any atom is 0.327 e. The number of aliphatic imine (C=N–C) groups is 2. The molecule has 1 aliphatic heterocycles. The van der Waals surface area contributed by atoms with Gasteiger partial charge >= 0.3 is 6.34 Å². The average molecular weight is 94.1 g/mol. The molecule has 0 N–H and O–H groups in total. The minimum atomic E-state index is 1.01. The Kier molecular flexibility index (Phi) is 1.02. The second kappa shape index (κ2) is 1.69. The molecular weight excluding hydrogens is 88.1 g/mol. The van der Waals surface area contributed by atoms with Gasteiger partial charge in [-0.05, 0) is 0 Å². The van der Waals surface area contributed by atoms with Crippen LogP contribution >= 0.6 is 0 Å². The van der Waals surface area contributed by atoms with Crippen molar-refractivity contribution < 1.29 is 0 Å². The first kappa shape index (κ1) is 4.24. The van der Waals surface area contributed by atoms with Crippen molar-refractivity contribution in [3.05, 3.63) is 11.8 Å². The molecule has 0 fully saturated rings. The van der Waals surface area contributed by atoms with Crippen LogP contribution in [0, 0.1) is 0 Å². The van der Waals surface area contributed by atoms with Gasteiger partial charge in [0.25, 0.3) is 0 Å². The fraction of sp³-hybridized carbons (Fsp3) is 0.200. The zero-order valence-corrected chi connectivity index (χ0v) is 4.13. The molecule has 0 unspecified atom stereocenters. The van der Waals surface area contributed by atoms with E-state index in [0.29, 0.717) is 0 Å². The number of hydrogen-bond acceptors (Lipinski definition) is 2. The first-order valence-corrected chi connectivity index (χ1v) is 2.12. The third-order valence-corrected chi connectivity index (χ3v) is 0.730. The minimum absolute atomic E-state index is 1.01. The van der Waals surface area contributed by atoms with Crippen LogP contribution in [0.25, 0.3) is 0 Å². The van der Waals surface area contributed by atoms with E-state index >= 15 is 0 Å². The summed E-state index contributed by atoms with van der Waals surface area (Å²) >= 11 is 0. The van der Waals surface area contributed by atoms with Crippen LogP contribution in [0.3, 0.4) is 0 Å². The molecule has 0 amide bonds. The highest BCUT2D eigenvalue weighted by Gasteiger charge is 1.93. The Morgan fingerprint density at radius 2 is 2.57 bits per heavy atom. The van der Waals surface area contributed by atoms with E-state index in [4.69, 9.17) is 0 Å². The largest absolute Gasteiger partial charge is 0.327 e. The molecule has 2 nitrogen and oxygen atoms in total. The van der Waals surface area contributed by atoms with Gasteiger partial charge in [0.05, 0.1) is 0 Å². The third-order valence-electron chi connectivity index (χ3n) is 0.730. The minimum Gasteiger partial charge on any atom is -0.0533 e. The summed E-state index contributed by atoms with van der Waals surface area (Å²) in [6.45, 7) is 1.93. The van der Waals surface area contributed by atoms with Crippen LogP contribution in [0.1, 0.15) is 6.92 Å². The van der Waals surface area contributed by atoms with Crippen LogP contribution in [-0.4, -0.2) is 12.6 Å². The van der Waals surface area contributed by atoms with E-state index < -0.39 is 0 Å². The summed E-state index contributed by atoms with van der Waals surface area (Å²) in [5, 5.41) is 0. The van der Waals surface area contributed by atoms with Crippen molar-refractivity contribution in [2.24, 2.45) is 4.99 Å². The molecule has 1 aliphatic rings. The Bertz CT molecular complexity index is 142. The van der Waals surface area contributed by atoms with E-state index in [1.165, 1.54) is 6.34 Å². The van der Waals surface area contributed by atoms with Crippen molar-refractivity contribution in [1.29, 1.82) is 0 Å². The van der Waals surface area contributed by atoms with E-state index in [1.807, 2.05) is 13.0 Å². The zero-order chi connectivity index (χ0) is 5.11. The third kappa shape index (κ3) is 0.961. The lowest BCUT2D eigenvalue weighted by Crippen LogP contribution is -1.92. The molecule has 1 radical (unpaired) electrons. The predicted octanol–water partition coefficient (Wildman–Crippen LogP) is 0.339. The molecule has 0 spiro atoms. The molecule has 2 heteroatoms. The number of nitrogens with zero attached hydrogens (tertiary/aromatic N) is 2.